The summed E-state index contributed by atoms with van der Waals surface area (Å²) in [6.45, 7) is 4.71. The van der Waals surface area contributed by atoms with Gasteiger partial charge in [-0.15, -0.1) is 0 Å². The lowest BCUT2D eigenvalue weighted by atomic mass is 10.0. The second-order valence-electron chi connectivity index (χ2n) is 4.75. The highest BCUT2D eigenvalue weighted by Crippen LogP contribution is 2.12. The Hall–Kier alpha value is -1.35. The maximum absolute atomic E-state index is 11.4. The molecule has 0 radical (unpaired) electrons. The molecule has 3 N–H and O–H groups in total. The van der Waals surface area contributed by atoms with Gasteiger partial charge in [-0.25, -0.2) is 0 Å². The molecular formula is C14H22N2O. The van der Waals surface area contributed by atoms with E-state index in [0.29, 0.717) is 18.9 Å². The third-order valence-corrected chi connectivity index (χ3v) is 2.60. The van der Waals surface area contributed by atoms with Gasteiger partial charge in [0.05, 0.1) is 0 Å². The highest BCUT2D eigenvalue weighted by Gasteiger charge is 2.07. The van der Waals surface area contributed by atoms with Crippen LogP contribution in [0, 0.1) is 5.92 Å². The minimum atomic E-state index is -0.00412. The van der Waals surface area contributed by atoms with Crippen LogP contribution in [0.1, 0.15) is 38.3 Å². The third-order valence-electron chi connectivity index (χ3n) is 2.60. The topological polar surface area (TPSA) is 55.1 Å². The predicted molar refractivity (Wildman–Crippen MR) is 70.5 cm³/mol. The summed E-state index contributed by atoms with van der Waals surface area (Å²) in [7, 11) is 0. The fourth-order valence-corrected chi connectivity index (χ4v) is 1.68. The first-order chi connectivity index (χ1) is 8.09. The van der Waals surface area contributed by atoms with Gasteiger partial charge in [-0.05, 0) is 17.9 Å². The van der Waals surface area contributed by atoms with Crippen LogP contribution in [0.5, 0.6) is 0 Å². The Morgan fingerprint density at radius 3 is 2.53 bits per heavy atom. The van der Waals surface area contributed by atoms with Crippen molar-refractivity contribution in [1.82, 2.24) is 5.32 Å². The molecule has 3 heteroatoms. The molecule has 17 heavy (non-hydrogen) atoms. The molecule has 1 aromatic rings. The molecule has 0 aliphatic carbocycles. The lowest BCUT2D eigenvalue weighted by molar-refractivity contribution is -0.121. The van der Waals surface area contributed by atoms with E-state index in [1.54, 1.807) is 0 Å². The number of nitrogens with one attached hydrogen (secondary N) is 1. The van der Waals surface area contributed by atoms with Gasteiger partial charge in [-0.1, -0.05) is 44.2 Å². The first kappa shape index (κ1) is 13.7. The van der Waals surface area contributed by atoms with E-state index in [1.807, 2.05) is 44.2 Å². The van der Waals surface area contributed by atoms with Crippen molar-refractivity contribution in [2.24, 2.45) is 11.7 Å². The SMILES string of the molecule is CC(C)CC(=O)NCCC(N)c1ccccc1. The van der Waals surface area contributed by atoms with Crippen molar-refractivity contribution in [1.29, 1.82) is 0 Å². The fraction of sp³-hybridized carbons (Fsp3) is 0.500. The molecule has 3 nitrogen and oxygen atoms in total. The van der Waals surface area contributed by atoms with E-state index in [4.69, 9.17) is 5.73 Å². The van der Waals surface area contributed by atoms with E-state index in [9.17, 15) is 4.79 Å². The normalized spacial score (nSPS) is 12.5. The Balaban J connectivity index is 2.25. The lowest BCUT2D eigenvalue weighted by Crippen LogP contribution is -2.27. The van der Waals surface area contributed by atoms with E-state index in [2.05, 4.69) is 5.32 Å². The summed E-state index contributed by atoms with van der Waals surface area (Å²) in [5.41, 5.74) is 7.15. The molecule has 0 spiro atoms. The zero-order valence-electron chi connectivity index (χ0n) is 10.6. The summed E-state index contributed by atoms with van der Waals surface area (Å²) >= 11 is 0. The maximum Gasteiger partial charge on any atom is 0.220 e. The lowest BCUT2D eigenvalue weighted by Gasteiger charge is -2.13. The Morgan fingerprint density at radius 2 is 1.94 bits per heavy atom. The van der Waals surface area contributed by atoms with Crippen molar-refractivity contribution in [3.63, 3.8) is 0 Å². The van der Waals surface area contributed by atoms with Crippen molar-refractivity contribution in [3.05, 3.63) is 35.9 Å². The first-order valence-corrected chi connectivity index (χ1v) is 6.17. The predicted octanol–water partition coefficient (Wildman–Crippen LogP) is 2.24. The number of rotatable bonds is 6. The van der Waals surface area contributed by atoms with E-state index < -0.39 is 0 Å². The van der Waals surface area contributed by atoms with Gasteiger partial charge >= 0.3 is 0 Å². The van der Waals surface area contributed by atoms with Crippen LogP contribution in [0.15, 0.2) is 30.3 Å². The van der Waals surface area contributed by atoms with Crippen LogP contribution in [0.4, 0.5) is 0 Å². The number of hydrogen-bond acceptors (Lipinski definition) is 2. The van der Waals surface area contributed by atoms with Gasteiger partial charge in [0, 0.05) is 19.0 Å². The second kappa shape index (κ2) is 7.07. The van der Waals surface area contributed by atoms with Crippen LogP contribution in [-0.4, -0.2) is 12.5 Å². The smallest absolute Gasteiger partial charge is 0.220 e. The molecule has 0 aliphatic heterocycles. The summed E-state index contributed by atoms with van der Waals surface area (Å²) in [5.74, 6) is 0.512. The highest BCUT2D eigenvalue weighted by atomic mass is 16.1. The average Bonchev–Trinajstić information content (AvgIpc) is 2.29. The summed E-state index contributed by atoms with van der Waals surface area (Å²) in [5, 5.41) is 2.90. The number of nitrogens with two attached hydrogens (primary N) is 1. The molecule has 1 amide bonds. The van der Waals surface area contributed by atoms with Gasteiger partial charge in [-0.2, -0.15) is 0 Å². The monoisotopic (exact) mass is 234 g/mol. The van der Waals surface area contributed by atoms with Crippen molar-refractivity contribution >= 4 is 5.91 Å². The molecule has 0 saturated carbocycles. The molecule has 0 fully saturated rings. The zero-order chi connectivity index (χ0) is 12.7. The molecule has 1 unspecified atom stereocenters. The number of amides is 1. The van der Waals surface area contributed by atoms with Crippen molar-refractivity contribution < 1.29 is 4.79 Å². The summed E-state index contributed by atoms with van der Waals surface area (Å²) in [6, 6.07) is 9.96. The minimum Gasteiger partial charge on any atom is -0.356 e. The molecule has 94 valence electrons. The molecule has 1 aromatic carbocycles. The van der Waals surface area contributed by atoms with E-state index in [1.165, 1.54) is 0 Å². The van der Waals surface area contributed by atoms with Gasteiger partial charge in [-0.3, -0.25) is 4.79 Å². The van der Waals surface area contributed by atoms with Gasteiger partial charge < -0.3 is 11.1 Å². The number of hydrogen-bond donors (Lipinski definition) is 2. The molecule has 0 heterocycles. The van der Waals surface area contributed by atoms with E-state index in [-0.39, 0.29) is 11.9 Å². The molecule has 0 aromatic heterocycles. The molecule has 0 saturated heterocycles. The maximum atomic E-state index is 11.4. The molecule has 1 rings (SSSR count). The Kier molecular flexibility index (Phi) is 5.70. The Bertz CT molecular complexity index is 335. The van der Waals surface area contributed by atoms with Gasteiger partial charge in [0.1, 0.15) is 0 Å². The van der Waals surface area contributed by atoms with Crippen LogP contribution >= 0.6 is 0 Å². The van der Waals surface area contributed by atoms with Crippen LogP contribution < -0.4 is 11.1 Å². The van der Waals surface area contributed by atoms with E-state index >= 15 is 0 Å². The summed E-state index contributed by atoms with van der Waals surface area (Å²) in [6.07, 6.45) is 1.36. The van der Waals surface area contributed by atoms with Gasteiger partial charge in [0.2, 0.25) is 5.91 Å². The van der Waals surface area contributed by atoms with Crippen molar-refractivity contribution in [3.8, 4) is 0 Å². The quantitative estimate of drug-likeness (QED) is 0.793. The molecule has 1 atom stereocenters. The fourth-order valence-electron chi connectivity index (χ4n) is 1.68. The molecule has 0 aliphatic rings. The largest absolute Gasteiger partial charge is 0.356 e. The molecule has 0 bridgehead atoms. The third kappa shape index (κ3) is 5.50. The summed E-state index contributed by atoms with van der Waals surface area (Å²) in [4.78, 5) is 11.4. The first-order valence-electron chi connectivity index (χ1n) is 6.17. The second-order valence-corrected chi connectivity index (χ2v) is 4.75. The van der Waals surface area contributed by atoms with Crippen molar-refractivity contribution in [2.75, 3.05) is 6.54 Å². The number of benzene rings is 1. The van der Waals surface area contributed by atoms with Crippen molar-refractivity contribution in [2.45, 2.75) is 32.7 Å². The Labute approximate surface area is 103 Å². The zero-order valence-corrected chi connectivity index (χ0v) is 10.6. The molecular weight excluding hydrogens is 212 g/mol. The van der Waals surface area contributed by atoms with Crippen LogP contribution in [-0.2, 0) is 4.79 Å². The minimum absolute atomic E-state index is 0.00412. The van der Waals surface area contributed by atoms with Gasteiger partial charge in [0.15, 0.2) is 0 Å². The standard InChI is InChI=1S/C14H22N2O/c1-11(2)10-14(17)16-9-8-13(15)12-6-4-3-5-7-12/h3-7,11,13H,8-10,15H2,1-2H3,(H,16,17). The highest BCUT2D eigenvalue weighted by molar-refractivity contribution is 5.75. The van der Waals surface area contributed by atoms with Crippen LogP contribution in [0.2, 0.25) is 0 Å². The van der Waals surface area contributed by atoms with Crippen LogP contribution in [0.3, 0.4) is 0 Å². The van der Waals surface area contributed by atoms with Crippen LogP contribution in [0.25, 0.3) is 0 Å². The van der Waals surface area contributed by atoms with E-state index in [0.717, 1.165) is 12.0 Å². The van der Waals surface area contributed by atoms with Gasteiger partial charge in [0.25, 0.3) is 0 Å². The number of carbonyl (C=O) groups is 1. The average molecular weight is 234 g/mol. The summed E-state index contributed by atoms with van der Waals surface area (Å²) < 4.78 is 0. The Morgan fingerprint density at radius 1 is 1.29 bits per heavy atom. The number of carbonyl (C=O) groups excluding carboxylic acids is 1.